The van der Waals surface area contributed by atoms with Crippen molar-refractivity contribution in [2.75, 3.05) is 19.6 Å². The number of amides is 3. The van der Waals surface area contributed by atoms with Crippen molar-refractivity contribution >= 4 is 17.7 Å². The van der Waals surface area contributed by atoms with Crippen LogP contribution in [0.5, 0.6) is 0 Å². The molecule has 1 aliphatic carbocycles. The summed E-state index contributed by atoms with van der Waals surface area (Å²) in [6.07, 6.45) is 8.22. The van der Waals surface area contributed by atoms with Gasteiger partial charge in [-0.2, -0.15) is 0 Å². The Balaban J connectivity index is 1.42. The molecule has 6 heteroatoms. The zero-order valence-electron chi connectivity index (χ0n) is 18.4. The van der Waals surface area contributed by atoms with Crippen LogP contribution in [0.2, 0.25) is 0 Å². The van der Waals surface area contributed by atoms with Gasteiger partial charge in [-0.25, -0.2) is 0 Å². The molecule has 3 aliphatic rings. The van der Waals surface area contributed by atoms with Gasteiger partial charge in [0.2, 0.25) is 17.7 Å². The second kappa shape index (κ2) is 9.84. The third-order valence-corrected chi connectivity index (χ3v) is 7.63. The first kappa shape index (κ1) is 21.8. The Kier molecular flexibility index (Phi) is 6.93. The second-order valence-corrected chi connectivity index (χ2v) is 9.62. The van der Waals surface area contributed by atoms with Crippen LogP contribution in [0.3, 0.4) is 0 Å². The van der Waals surface area contributed by atoms with Crippen LogP contribution in [-0.2, 0) is 20.8 Å². The monoisotopic (exact) mass is 425 g/mol. The van der Waals surface area contributed by atoms with E-state index in [0.717, 1.165) is 57.2 Å². The van der Waals surface area contributed by atoms with Gasteiger partial charge >= 0.3 is 0 Å². The smallest absolute Gasteiger partial charge is 0.240 e. The van der Waals surface area contributed by atoms with Crippen molar-refractivity contribution in [3.05, 3.63) is 35.9 Å². The van der Waals surface area contributed by atoms with Crippen molar-refractivity contribution in [3.63, 3.8) is 0 Å². The maximum absolute atomic E-state index is 13.1. The van der Waals surface area contributed by atoms with Gasteiger partial charge in [-0.05, 0) is 43.1 Å². The Morgan fingerprint density at radius 1 is 0.968 bits per heavy atom. The number of fused-ring (bicyclic) bond motifs is 1. The molecule has 2 aliphatic heterocycles. The number of benzene rings is 1. The van der Waals surface area contributed by atoms with E-state index in [1.807, 2.05) is 30.3 Å². The first-order chi connectivity index (χ1) is 15.0. The SMILES string of the molecule is NC(=O)C(Cc1ccccc1)N1CCC2CN(C(=O)C3CCCCC3)CCC2CC1=O. The molecule has 6 nitrogen and oxygen atoms in total. The predicted molar refractivity (Wildman–Crippen MR) is 119 cm³/mol. The molecule has 3 atom stereocenters. The number of carbonyl (C=O) groups excluding carboxylic acids is 3. The van der Waals surface area contributed by atoms with Gasteiger partial charge < -0.3 is 15.5 Å². The van der Waals surface area contributed by atoms with Gasteiger partial charge in [-0.1, -0.05) is 49.6 Å². The highest BCUT2D eigenvalue weighted by Gasteiger charge is 2.40. The van der Waals surface area contributed by atoms with E-state index in [1.165, 1.54) is 6.42 Å². The zero-order chi connectivity index (χ0) is 21.8. The van der Waals surface area contributed by atoms with Crippen molar-refractivity contribution in [1.29, 1.82) is 0 Å². The number of hydrogen-bond acceptors (Lipinski definition) is 3. The van der Waals surface area contributed by atoms with Crippen molar-refractivity contribution in [1.82, 2.24) is 9.80 Å². The number of carbonyl (C=O) groups is 3. The molecule has 1 aromatic rings. The lowest BCUT2D eigenvalue weighted by Gasteiger charge is -2.39. The molecule has 0 spiro atoms. The topological polar surface area (TPSA) is 83.7 Å². The largest absolute Gasteiger partial charge is 0.368 e. The Bertz CT molecular complexity index is 790. The number of primary amides is 1. The first-order valence-electron chi connectivity index (χ1n) is 11.9. The van der Waals surface area contributed by atoms with E-state index in [4.69, 9.17) is 5.73 Å². The van der Waals surface area contributed by atoms with Crippen LogP contribution in [0.1, 0.15) is 56.9 Å². The average Bonchev–Trinajstić information content (AvgIpc) is 2.95. The molecule has 1 aromatic carbocycles. The Labute approximate surface area is 185 Å². The molecule has 3 fully saturated rings. The molecule has 4 rings (SSSR count). The minimum absolute atomic E-state index is 0.0271. The minimum Gasteiger partial charge on any atom is -0.368 e. The Morgan fingerprint density at radius 2 is 1.68 bits per heavy atom. The summed E-state index contributed by atoms with van der Waals surface area (Å²) in [6, 6.07) is 9.12. The summed E-state index contributed by atoms with van der Waals surface area (Å²) in [7, 11) is 0. The third kappa shape index (κ3) is 5.10. The lowest BCUT2D eigenvalue weighted by Crippen LogP contribution is -2.49. The van der Waals surface area contributed by atoms with Gasteiger partial charge in [0, 0.05) is 38.4 Å². The highest BCUT2D eigenvalue weighted by Crippen LogP contribution is 2.35. The molecule has 1 saturated carbocycles. The molecule has 3 amide bonds. The summed E-state index contributed by atoms with van der Waals surface area (Å²) in [5.74, 6) is 0.707. The van der Waals surface area contributed by atoms with E-state index in [9.17, 15) is 14.4 Å². The lowest BCUT2D eigenvalue weighted by atomic mass is 9.81. The van der Waals surface area contributed by atoms with Crippen LogP contribution in [0.25, 0.3) is 0 Å². The highest BCUT2D eigenvalue weighted by molar-refractivity contribution is 5.87. The fourth-order valence-corrected chi connectivity index (χ4v) is 5.79. The van der Waals surface area contributed by atoms with Crippen molar-refractivity contribution in [2.45, 2.75) is 63.8 Å². The maximum atomic E-state index is 13.1. The number of likely N-dealkylation sites (tertiary alicyclic amines) is 2. The van der Waals surface area contributed by atoms with Crippen LogP contribution in [-0.4, -0.2) is 53.2 Å². The van der Waals surface area contributed by atoms with Gasteiger partial charge in [0.25, 0.3) is 0 Å². The van der Waals surface area contributed by atoms with Crippen LogP contribution in [0, 0.1) is 17.8 Å². The van der Waals surface area contributed by atoms with E-state index in [-0.39, 0.29) is 17.7 Å². The molecule has 2 heterocycles. The number of nitrogens with two attached hydrogens (primary N) is 1. The summed E-state index contributed by atoms with van der Waals surface area (Å²) in [4.78, 5) is 42.2. The van der Waals surface area contributed by atoms with E-state index in [1.54, 1.807) is 4.90 Å². The Hall–Kier alpha value is -2.37. The third-order valence-electron chi connectivity index (χ3n) is 7.63. The summed E-state index contributed by atoms with van der Waals surface area (Å²) in [5.41, 5.74) is 6.74. The standard InChI is InChI=1S/C25H35N3O3/c26-24(30)22(15-18-7-3-1-4-8-18)28-14-12-21-17-27(13-11-20(21)16-23(28)29)25(31)19-9-5-2-6-10-19/h1,3-4,7-8,19-22H,2,5-6,9-17H2,(H2,26,30). The van der Waals surface area contributed by atoms with Gasteiger partial charge in [-0.3, -0.25) is 14.4 Å². The van der Waals surface area contributed by atoms with E-state index in [2.05, 4.69) is 4.90 Å². The van der Waals surface area contributed by atoms with Crippen molar-refractivity contribution in [2.24, 2.45) is 23.5 Å². The fourth-order valence-electron chi connectivity index (χ4n) is 5.79. The van der Waals surface area contributed by atoms with Crippen molar-refractivity contribution in [3.8, 4) is 0 Å². The van der Waals surface area contributed by atoms with Crippen LogP contribution in [0.4, 0.5) is 0 Å². The molecular weight excluding hydrogens is 390 g/mol. The van der Waals surface area contributed by atoms with Crippen LogP contribution < -0.4 is 5.73 Å². The molecule has 31 heavy (non-hydrogen) atoms. The molecule has 0 aromatic heterocycles. The van der Waals surface area contributed by atoms with E-state index < -0.39 is 11.9 Å². The lowest BCUT2D eigenvalue weighted by molar-refractivity contribution is -0.140. The molecule has 2 N–H and O–H groups in total. The predicted octanol–water partition coefficient (Wildman–Crippen LogP) is 2.75. The van der Waals surface area contributed by atoms with E-state index in [0.29, 0.717) is 31.2 Å². The molecule has 168 valence electrons. The van der Waals surface area contributed by atoms with Crippen molar-refractivity contribution < 1.29 is 14.4 Å². The molecular formula is C25H35N3O3. The van der Waals surface area contributed by atoms with E-state index >= 15 is 0 Å². The molecule has 0 radical (unpaired) electrons. The zero-order valence-corrected chi connectivity index (χ0v) is 18.4. The number of nitrogens with zero attached hydrogens (tertiary/aromatic N) is 2. The minimum atomic E-state index is -0.616. The summed E-state index contributed by atoms with van der Waals surface area (Å²) >= 11 is 0. The highest BCUT2D eigenvalue weighted by atomic mass is 16.2. The quantitative estimate of drug-likeness (QED) is 0.787. The molecule has 3 unspecified atom stereocenters. The van der Waals surface area contributed by atoms with Gasteiger partial charge in [0.1, 0.15) is 6.04 Å². The average molecular weight is 426 g/mol. The first-order valence-corrected chi connectivity index (χ1v) is 11.9. The summed E-state index contributed by atoms with van der Waals surface area (Å²) in [6.45, 7) is 2.04. The van der Waals surface area contributed by atoms with Crippen LogP contribution in [0.15, 0.2) is 30.3 Å². The number of piperidine rings is 1. The number of hydrogen-bond donors (Lipinski definition) is 1. The second-order valence-electron chi connectivity index (χ2n) is 9.62. The fraction of sp³-hybridized carbons (Fsp3) is 0.640. The number of rotatable bonds is 5. The van der Waals surface area contributed by atoms with Gasteiger partial charge in [0.15, 0.2) is 0 Å². The molecule has 2 saturated heterocycles. The van der Waals surface area contributed by atoms with Gasteiger partial charge in [0.05, 0.1) is 0 Å². The summed E-state index contributed by atoms with van der Waals surface area (Å²) in [5, 5.41) is 0. The maximum Gasteiger partial charge on any atom is 0.240 e. The normalized spacial score (nSPS) is 26.1. The summed E-state index contributed by atoms with van der Waals surface area (Å²) < 4.78 is 0. The Morgan fingerprint density at radius 3 is 2.39 bits per heavy atom. The van der Waals surface area contributed by atoms with Gasteiger partial charge in [-0.15, -0.1) is 0 Å². The molecule has 0 bridgehead atoms. The van der Waals surface area contributed by atoms with Crippen LogP contribution >= 0.6 is 0 Å².